The molecule has 0 radical (unpaired) electrons. The Morgan fingerprint density at radius 2 is 1.50 bits per heavy atom. The second kappa shape index (κ2) is 8.34. The topological polar surface area (TPSA) is 18.5 Å². The Morgan fingerprint density at radius 3 is 1.94 bits per heavy atom. The molecule has 0 atom stereocenters. The average molecular weight is 273 g/mol. The first-order valence-electron chi connectivity index (χ1n) is 7.96. The van der Waals surface area contributed by atoms with Crippen molar-refractivity contribution in [2.75, 3.05) is 13.2 Å². The summed E-state index contributed by atoms with van der Waals surface area (Å²) in [5, 5.41) is 0. The van der Waals surface area contributed by atoms with E-state index in [-0.39, 0.29) is 0 Å². The molecule has 0 amide bonds. The smallest absolute Gasteiger partial charge is 0.341 e. The van der Waals surface area contributed by atoms with Crippen molar-refractivity contribution in [2.24, 2.45) is 5.92 Å². The predicted molar refractivity (Wildman–Crippen MR) is 80.1 cm³/mol. The molecule has 0 heterocycles. The van der Waals surface area contributed by atoms with Gasteiger partial charge in [-0.2, -0.15) is 0 Å². The number of unbranched alkanes of at least 4 members (excludes halogenated alkanes) is 1. The molecule has 0 unspecified atom stereocenters. The van der Waals surface area contributed by atoms with Crippen LogP contribution in [0.4, 0.5) is 0 Å². The zero-order valence-corrected chi connectivity index (χ0v) is 13.8. The second-order valence-electron chi connectivity index (χ2n) is 5.74. The van der Waals surface area contributed by atoms with E-state index in [0.717, 1.165) is 24.7 Å². The van der Waals surface area contributed by atoms with E-state index in [1.165, 1.54) is 44.6 Å². The summed E-state index contributed by atoms with van der Waals surface area (Å²) in [6, 6.07) is 1.20. The van der Waals surface area contributed by atoms with Gasteiger partial charge in [0.1, 0.15) is 0 Å². The third-order valence-electron chi connectivity index (χ3n) is 4.29. The maximum Gasteiger partial charge on any atom is 0.341 e. The molecule has 3 heteroatoms. The molecule has 108 valence electrons. The highest BCUT2D eigenvalue weighted by Crippen LogP contribution is 2.42. The van der Waals surface area contributed by atoms with E-state index in [1.807, 2.05) is 0 Å². The lowest BCUT2D eigenvalue weighted by molar-refractivity contribution is 0.159. The number of hydrogen-bond donors (Lipinski definition) is 0. The van der Waals surface area contributed by atoms with Gasteiger partial charge in [-0.15, -0.1) is 0 Å². The second-order valence-corrected chi connectivity index (χ2v) is 9.26. The molecule has 0 bridgehead atoms. The van der Waals surface area contributed by atoms with Crippen molar-refractivity contribution in [1.29, 1.82) is 0 Å². The standard InChI is InChI=1S/C15H32O2Si/c1-5-8-13-18(16-6-2,17-7-3)15-11-9-14(4)10-12-15/h14-15H,5-13H2,1-4H3. The van der Waals surface area contributed by atoms with E-state index in [2.05, 4.69) is 27.7 Å². The summed E-state index contributed by atoms with van der Waals surface area (Å²) in [5.74, 6) is 0.905. The fourth-order valence-corrected chi connectivity index (χ4v) is 7.53. The molecule has 1 rings (SSSR count). The van der Waals surface area contributed by atoms with Crippen LogP contribution in [0.3, 0.4) is 0 Å². The van der Waals surface area contributed by atoms with Crippen LogP contribution in [0.15, 0.2) is 0 Å². The third-order valence-corrected chi connectivity index (χ3v) is 8.72. The van der Waals surface area contributed by atoms with Crippen LogP contribution < -0.4 is 0 Å². The summed E-state index contributed by atoms with van der Waals surface area (Å²) >= 11 is 0. The molecular weight excluding hydrogens is 240 g/mol. The molecule has 1 aliphatic rings. The summed E-state index contributed by atoms with van der Waals surface area (Å²) in [6.07, 6.45) is 7.90. The van der Waals surface area contributed by atoms with Crippen molar-refractivity contribution in [1.82, 2.24) is 0 Å². The van der Waals surface area contributed by atoms with Crippen molar-refractivity contribution < 1.29 is 8.85 Å². The van der Waals surface area contributed by atoms with Gasteiger partial charge in [-0.05, 0) is 38.7 Å². The molecule has 0 spiro atoms. The summed E-state index contributed by atoms with van der Waals surface area (Å²) < 4.78 is 12.5. The Labute approximate surface area is 115 Å². The SMILES string of the molecule is CCCC[Si](OCC)(OCC)C1CCC(C)CC1. The van der Waals surface area contributed by atoms with Gasteiger partial charge in [-0.25, -0.2) is 0 Å². The molecule has 0 aromatic rings. The van der Waals surface area contributed by atoms with Crippen molar-refractivity contribution in [3.8, 4) is 0 Å². The lowest BCUT2D eigenvalue weighted by Gasteiger charge is -2.40. The van der Waals surface area contributed by atoms with Crippen LogP contribution in [0, 0.1) is 5.92 Å². The van der Waals surface area contributed by atoms with E-state index in [4.69, 9.17) is 8.85 Å². The molecule has 1 aliphatic carbocycles. The Morgan fingerprint density at radius 1 is 0.944 bits per heavy atom. The van der Waals surface area contributed by atoms with Crippen molar-refractivity contribution >= 4 is 8.56 Å². The Hall–Kier alpha value is 0.137. The van der Waals surface area contributed by atoms with Crippen LogP contribution in [-0.4, -0.2) is 21.8 Å². The molecule has 1 fully saturated rings. The third kappa shape index (κ3) is 4.36. The number of hydrogen-bond acceptors (Lipinski definition) is 2. The molecule has 0 saturated heterocycles. The molecular formula is C15H32O2Si. The quantitative estimate of drug-likeness (QED) is 0.586. The highest BCUT2D eigenvalue weighted by Gasteiger charge is 2.45. The zero-order valence-electron chi connectivity index (χ0n) is 12.8. The fraction of sp³-hybridized carbons (Fsp3) is 1.00. The summed E-state index contributed by atoms with van der Waals surface area (Å²) in [4.78, 5) is 0. The minimum absolute atomic E-state index is 0.736. The molecule has 0 aromatic heterocycles. The zero-order chi connectivity index (χ0) is 13.4. The molecule has 0 aliphatic heterocycles. The van der Waals surface area contributed by atoms with E-state index >= 15 is 0 Å². The highest BCUT2D eigenvalue weighted by atomic mass is 28.4. The first kappa shape index (κ1) is 16.2. The Bertz CT molecular complexity index is 207. The number of rotatable bonds is 8. The van der Waals surface area contributed by atoms with E-state index in [1.54, 1.807) is 0 Å². The van der Waals surface area contributed by atoms with E-state index in [9.17, 15) is 0 Å². The van der Waals surface area contributed by atoms with Crippen molar-refractivity contribution in [3.05, 3.63) is 0 Å². The summed E-state index contributed by atoms with van der Waals surface area (Å²) in [6.45, 7) is 10.5. The van der Waals surface area contributed by atoms with Gasteiger partial charge in [-0.1, -0.05) is 39.5 Å². The Kier molecular flexibility index (Phi) is 7.50. The Balaban J connectivity index is 2.71. The largest absolute Gasteiger partial charge is 0.394 e. The lowest BCUT2D eigenvalue weighted by Crippen LogP contribution is -2.48. The van der Waals surface area contributed by atoms with Gasteiger partial charge < -0.3 is 8.85 Å². The van der Waals surface area contributed by atoms with Gasteiger partial charge >= 0.3 is 8.56 Å². The molecule has 18 heavy (non-hydrogen) atoms. The fourth-order valence-electron chi connectivity index (χ4n) is 3.24. The maximum atomic E-state index is 6.26. The lowest BCUT2D eigenvalue weighted by atomic mass is 9.90. The van der Waals surface area contributed by atoms with Gasteiger partial charge in [0.25, 0.3) is 0 Å². The molecule has 2 nitrogen and oxygen atoms in total. The van der Waals surface area contributed by atoms with Gasteiger partial charge in [0.2, 0.25) is 0 Å². The molecule has 0 N–H and O–H groups in total. The minimum Gasteiger partial charge on any atom is -0.394 e. The van der Waals surface area contributed by atoms with Crippen LogP contribution in [0.5, 0.6) is 0 Å². The van der Waals surface area contributed by atoms with Crippen molar-refractivity contribution in [3.63, 3.8) is 0 Å². The van der Waals surface area contributed by atoms with Gasteiger partial charge in [0, 0.05) is 18.8 Å². The van der Waals surface area contributed by atoms with Crippen molar-refractivity contribution in [2.45, 2.75) is 77.8 Å². The normalized spacial score (nSPS) is 25.3. The first-order valence-corrected chi connectivity index (χ1v) is 10.1. The first-order chi connectivity index (χ1) is 8.68. The van der Waals surface area contributed by atoms with Gasteiger partial charge in [-0.3, -0.25) is 0 Å². The minimum atomic E-state index is -1.95. The van der Waals surface area contributed by atoms with E-state index in [0.29, 0.717) is 0 Å². The van der Waals surface area contributed by atoms with Gasteiger partial charge in [0.15, 0.2) is 0 Å². The molecule has 0 aromatic carbocycles. The highest BCUT2D eigenvalue weighted by molar-refractivity contribution is 6.69. The van der Waals surface area contributed by atoms with Crippen LogP contribution in [0.2, 0.25) is 11.6 Å². The van der Waals surface area contributed by atoms with Crippen LogP contribution >= 0.6 is 0 Å². The molecule has 1 saturated carbocycles. The monoisotopic (exact) mass is 272 g/mol. The summed E-state index contributed by atoms with van der Waals surface area (Å²) in [5.41, 5.74) is 0.736. The maximum absolute atomic E-state index is 6.26. The van der Waals surface area contributed by atoms with E-state index < -0.39 is 8.56 Å². The van der Waals surface area contributed by atoms with Crippen LogP contribution in [-0.2, 0) is 8.85 Å². The average Bonchev–Trinajstić information content (AvgIpc) is 2.37. The predicted octanol–water partition coefficient (Wildman–Crippen LogP) is 4.88. The van der Waals surface area contributed by atoms with Gasteiger partial charge in [0.05, 0.1) is 0 Å². The van der Waals surface area contributed by atoms with Crippen LogP contribution in [0.1, 0.15) is 66.2 Å². The van der Waals surface area contributed by atoms with Crippen LogP contribution in [0.25, 0.3) is 0 Å². The summed E-state index contributed by atoms with van der Waals surface area (Å²) in [7, 11) is -1.95.